The first-order valence-corrected chi connectivity index (χ1v) is 10.3. The first-order valence-electron chi connectivity index (χ1n) is 10.3. The maximum atomic E-state index is 4.70. The highest BCUT2D eigenvalue weighted by Crippen LogP contribution is 2.34. The first kappa shape index (κ1) is 23.0. The fourth-order valence-electron chi connectivity index (χ4n) is 3.21. The normalized spacial score (nSPS) is 12.1. The molecule has 0 saturated carbocycles. The third-order valence-corrected chi connectivity index (χ3v) is 4.96. The van der Waals surface area contributed by atoms with E-state index in [1.165, 1.54) is 22.4 Å². The molecule has 0 amide bonds. The Morgan fingerprint density at radius 3 is 1.93 bits per heavy atom. The van der Waals surface area contributed by atoms with E-state index >= 15 is 0 Å². The smallest absolute Gasteiger partial charge is 0.144 e. The second-order valence-corrected chi connectivity index (χ2v) is 7.67. The van der Waals surface area contributed by atoms with Gasteiger partial charge in [-0.25, -0.2) is 4.98 Å². The van der Waals surface area contributed by atoms with Crippen molar-refractivity contribution in [2.75, 3.05) is 0 Å². The molecule has 0 fully saturated rings. The molecule has 2 aromatic rings. The van der Waals surface area contributed by atoms with E-state index in [1.54, 1.807) is 0 Å². The van der Waals surface area contributed by atoms with Gasteiger partial charge in [-0.15, -0.1) is 0 Å². The first-order chi connectivity index (χ1) is 12.8. The quantitative estimate of drug-likeness (QED) is 0.478. The highest BCUT2D eigenvalue weighted by atomic mass is 15.1. The van der Waals surface area contributed by atoms with Crippen LogP contribution in [0.4, 0.5) is 0 Å². The Morgan fingerprint density at radius 1 is 1.00 bits per heavy atom. The third-order valence-electron chi connectivity index (χ3n) is 4.96. The molecule has 0 aliphatic rings. The second-order valence-electron chi connectivity index (χ2n) is 7.67. The fourth-order valence-corrected chi connectivity index (χ4v) is 3.21. The summed E-state index contributed by atoms with van der Waals surface area (Å²) in [6.45, 7) is 23.7. The van der Waals surface area contributed by atoms with Crippen molar-refractivity contribution in [2.24, 2.45) is 5.92 Å². The van der Waals surface area contributed by atoms with Crippen LogP contribution >= 0.6 is 0 Å². The van der Waals surface area contributed by atoms with Crippen LogP contribution in [0.1, 0.15) is 91.1 Å². The van der Waals surface area contributed by atoms with Gasteiger partial charge in [0.15, 0.2) is 0 Å². The molecule has 0 unspecified atom stereocenters. The molecular formula is C25H38N2. The van der Waals surface area contributed by atoms with Crippen molar-refractivity contribution in [1.29, 1.82) is 0 Å². The minimum absolute atomic E-state index is 0.450. The van der Waals surface area contributed by atoms with Gasteiger partial charge in [-0.05, 0) is 35.8 Å². The zero-order valence-corrected chi connectivity index (χ0v) is 18.8. The van der Waals surface area contributed by atoms with Crippen LogP contribution in [0.3, 0.4) is 0 Å². The predicted octanol–water partition coefficient (Wildman–Crippen LogP) is 7.76. The van der Waals surface area contributed by atoms with Crippen LogP contribution in [0.25, 0.3) is 11.3 Å². The third kappa shape index (κ3) is 5.00. The minimum atomic E-state index is 0.450. The lowest BCUT2D eigenvalue weighted by Gasteiger charge is -2.22. The summed E-state index contributed by atoms with van der Waals surface area (Å²) in [4.78, 5) is 4.70. The maximum absolute atomic E-state index is 4.70. The molecule has 0 bridgehead atoms. The fraction of sp³-hybridized carbons (Fsp3) is 0.480. The monoisotopic (exact) mass is 366 g/mol. The molecule has 0 saturated heterocycles. The number of hydrogen-bond acceptors (Lipinski definition) is 1. The average Bonchev–Trinajstić information content (AvgIpc) is 3.12. The molecule has 0 atom stereocenters. The number of allylic oxidation sites excluding steroid dienone is 3. The molecular weight excluding hydrogens is 328 g/mol. The van der Waals surface area contributed by atoms with Crippen LogP contribution in [-0.4, -0.2) is 9.55 Å². The van der Waals surface area contributed by atoms with Gasteiger partial charge in [-0.2, -0.15) is 0 Å². The molecule has 1 aromatic carbocycles. The van der Waals surface area contributed by atoms with Gasteiger partial charge in [0.2, 0.25) is 0 Å². The molecule has 27 heavy (non-hydrogen) atoms. The van der Waals surface area contributed by atoms with E-state index in [0.29, 0.717) is 17.8 Å². The van der Waals surface area contributed by atoms with E-state index in [0.717, 1.165) is 11.4 Å². The standard InChI is InChI=1S/C23H32N2.C2H6/c1-9-19(18(8)15(2)3)23-24-13-14-25(23)22-20(16(4)5)11-10-12-21(22)17(6)7;1-2/h9-17H,1H2,2-8H3;1-2H3/b19-18-;. The summed E-state index contributed by atoms with van der Waals surface area (Å²) >= 11 is 0. The van der Waals surface area contributed by atoms with Crippen molar-refractivity contribution < 1.29 is 0 Å². The molecule has 2 heteroatoms. The van der Waals surface area contributed by atoms with Crippen LogP contribution in [0.2, 0.25) is 0 Å². The molecule has 0 spiro atoms. The van der Waals surface area contributed by atoms with E-state index in [2.05, 4.69) is 84.0 Å². The van der Waals surface area contributed by atoms with Gasteiger partial charge in [0.05, 0.1) is 5.69 Å². The van der Waals surface area contributed by atoms with Gasteiger partial charge in [-0.3, -0.25) is 4.57 Å². The topological polar surface area (TPSA) is 17.8 Å². The summed E-state index contributed by atoms with van der Waals surface area (Å²) < 4.78 is 2.26. The van der Waals surface area contributed by atoms with Crippen LogP contribution in [0.15, 0.2) is 48.8 Å². The zero-order chi connectivity index (χ0) is 20.7. The van der Waals surface area contributed by atoms with E-state index in [9.17, 15) is 0 Å². The molecule has 2 nitrogen and oxygen atoms in total. The molecule has 148 valence electrons. The Bertz CT molecular complexity index is 747. The Kier molecular flexibility index (Phi) is 8.75. The Labute approximate surface area is 167 Å². The number of para-hydroxylation sites is 1. The highest BCUT2D eigenvalue weighted by Gasteiger charge is 2.19. The summed E-state index contributed by atoms with van der Waals surface area (Å²) in [6, 6.07) is 6.65. The molecule has 0 aliphatic carbocycles. The summed E-state index contributed by atoms with van der Waals surface area (Å²) in [5.74, 6) is 2.34. The highest BCUT2D eigenvalue weighted by molar-refractivity contribution is 5.74. The SMILES string of the molecule is C=C/C(=C(\C)C(C)C)c1nccn1-c1c(C(C)C)cccc1C(C)C.CC. The Morgan fingerprint density at radius 2 is 1.52 bits per heavy atom. The number of hydrogen-bond donors (Lipinski definition) is 0. The summed E-state index contributed by atoms with van der Waals surface area (Å²) in [7, 11) is 0. The van der Waals surface area contributed by atoms with Gasteiger partial charge in [0.1, 0.15) is 5.82 Å². The van der Waals surface area contributed by atoms with E-state index in [1.807, 2.05) is 26.1 Å². The summed E-state index contributed by atoms with van der Waals surface area (Å²) in [5, 5.41) is 0. The van der Waals surface area contributed by atoms with Crippen molar-refractivity contribution in [1.82, 2.24) is 9.55 Å². The molecule has 1 aromatic heterocycles. The number of benzene rings is 1. The number of rotatable bonds is 6. The number of aromatic nitrogens is 2. The molecule has 0 radical (unpaired) electrons. The van der Waals surface area contributed by atoms with E-state index < -0.39 is 0 Å². The summed E-state index contributed by atoms with van der Waals surface area (Å²) in [5.41, 5.74) is 6.44. The molecule has 0 aliphatic heterocycles. The van der Waals surface area contributed by atoms with Crippen molar-refractivity contribution in [3.05, 3.63) is 65.8 Å². The van der Waals surface area contributed by atoms with Gasteiger partial charge in [-0.1, -0.05) is 91.8 Å². The molecule has 1 heterocycles. The second kappa shape index (κ2) is 10.3. The Hall–Kier alpha value is -2.09. The van der Waals surface area contributed by atoms with Crippen LogP contribution in [-0.2, 0) is 0 Å². The van der Waals surface area contributed by atoms with E-state index in [-0.39, 0.29) is 0 Å². The lowest BCUT2D eigenvalue weighted by Crippen LogP contribution is -2.10. The Balaban J connectivity index is 0.00000176. The summed E-state index contributed by atoms with van der Waals surface area (Å²) in [6.07, 6.45) is 5.92. The van der Waals surface area contributed by atoms with Crippen LogP contribution in [0, 0.1) is 5.92 Å². The number of nitrogens with zero attached hydrogens (tertiary/aromatic N) is 2. The molecule has 0 N–H and O–H groups in total. The van der Waals surface area contributed by atoms with E-state index in [4.69, 9.17) is 4.98 Å². The van der Waals surface area contributed by atoms with Crippen molar-refractivity contribution >= 4 is 5.57 Å². The minimum Gasteiger partial charge on any atom is -0.299 e. The maximum Gasteiger partial charge on any atom is 0.144 e. The average molecular weight is 367 g/mol. The largest absolute Gasteiger partial charge is 0.299 e. The van der Waals surface area contributed by atoms with Gasteiger partial charge in [0, 0.05) is 18.0 Å². The zero-order valence-electron chi connectivity index (χ0n) is 18.8. The van der Waals surface area contributed by atoms with Crippen molar-refractivity contribution in [2.45, 2.75) is 74.1 Å². The van der Waals surface area contributed by atoms with Crippen LogP contribution < -0.4 is 0 Å². The number of imidazole rings is 1. The lowest BCUT2D eigenvalue weighted by molar-refractivity contribution is 0.768. The van der Waals surface area contributed by atoms with Gasteiger partial charge >= 0.3 is 0 Å². The van der Waals surface area contributed by atoms with Gasteiger partial charge in [0.25, 0.3) is 0 Å². The van der Waals surface area contributed by atoms with Crippen LogP contribution in [0.5, 0.6) is 0 Å². The lowest BCUT2D eigenvalue weighted by atomic mass is 9.92. The molecule has 2 rings (SSSR count). The van der Waals surface area contributed by atoms with Crippen molar-refractivity contribution in [3.8, 4) is 5.69 Å². The van der Waals surface area contributed by atoms with Gasteiger partial charge < -0.3 is 0 Å². The predicted molar refractivity (Wildman–Crippen MR) is 121 cm³/mol. The van der Waals surface area contributed by atoms with Crippen molar-refractivity contribution in [3.63, 3.8) is 0 Å².